The van der Waals surface area contributed by atoms with Gasteiger partial charge < -0.3 is 18.9 Å². The van der Waals surface area contributed by atoms with Crippen LogP contribution < -0.4 is 29.1 Å². The summed E-state index contributed by atoms with van der Waals surface area (Å²) in [6.07, 6.45) is 1.75. The minimum atomic E-state index is -0.814. The second-order valence-corrected chi connectivity index (χ2v) is 13.3. The number of thiazole rings is 1. The van der Waals surface area contributed by atoms with Crippen LogP contribution in [0.1, 0.15) is 42.1 Å². The summed E-state index contributed by atoms with van der Waals surface area (Å²) < 4.78 is 25.2. The van der Waals surface area contributed by atoms with Crippen molar-refractivity contribution in [3.05, 3.63) is 162 Å². The predicted molar refractivity (Wildman–Crippen MR) is 205 cm³/mol. The van der Waals surface area contributed by atoms with Gasteiger partial charge in [0.05, 0.1) is 47.2 Å². The maximum atomic E-state index is 14.4. The summed E-state index contributed by atoms with van der Waals surface area (Å²) in [5, 5.41) is 2.55. The third-order valence-corrected chi connectivity index (χ3v) is 9.95. The summed E-state index contributed by atoms with van der Waals surface area (Å²) in [6, 6.07) is 33.7. The van der Waals surface area contributed by atoms with E-state index in [0.29, 0.717) is 55.0 Å². The van der Waals surface area contributed by atoms with Gasteiger partial charge in [0, 0.05) is 5.56 Å². The second kappa shape index (κ2) is 15.3. The summed E-state index contributed by atoms with van der Waals surface area (Å²) in [5.41, 5.74) is 3.49. The molecule has 262 valence electrons. The lowest BCUT2D eigenvalue weighted by molar-refractivity contribution is -0.138. The molecule has 1 aliphatic heterocycles. The van der Waals surface area contributed by atoms with Crippen molar-refractivity contribution in [3.8, 4) is 17.2 Å². The third-order valence-electron chi connectivity index (χ3n) is 8.68. The fourth-order valence-corrected chi connectivity index (χ4v) is 7.63. The van der Waals surface area contributed by atoms with Crippen LogP contribution in [0.15, 0.2) is 125 Å². The smallest absolute Gasteiger partial charge is 0.338 e. The molecule has 0 bridgehead atoms. The van der Waals surface area contributed by atoms with Crippen LogP contribution in [-0.4, -0.2) is 30.9 Å². The van der Waals surface area contributed by atoms with Gasteiger partial charge in [-0.2, -0.15) is 0 Å². The Hall–Kier alpha value is -5.64. The Morgan fingerprint density at radius 2 is 1.65 bits per heavy atom. The van der Waals surface area contributed by atoms with Crippen LogP contribution in [0.4, 0.5) is 0 Å². The molecular formula is C42H35ClN2O6S. The standard InChI is InChI=1S/C42H35ClN2O6S/c1-4-49-31-20-18-29(19-21-31)38-36(41(47)50-5-2)37(28-13-7-6-8-14-28)44-42-45(38)40(46)35(52-42)24-26-22-33(43)39(34(23-26)48-3)51-25-30-16-11-15-27-12-9-10-17-32(27)30/h6-24,38H,4-5,25H2,1-3H3/b35-24-/t38-/m0/s1. The molecule has 1 atom stereocenters. The van der Waals surface area contributed by atoms with Gasteiger partial charge in [0.25, 0.3) is 5.56 Å². The molecule has 52 heavy (non-hydrogen) atoms. The molecule has 1 aliphatic rings. The Balaban J connectivity index is 1.33. The number of carbonyl (C=O) groups excluding carboxylic acids is 1. The third kappa shape index (κ3) is 6.85. The highest BCUT2D eigenvalue weighted by Crippen LogP contribution is 2.38. The lowest BCUT2D eigenvalue weighted by Crippen LogP contribution is -2.40. The fourth-order valence-electron chi connectivity index (χ4n) is 6.35. The van der Waals surface area contributed by atoms with Gasteiger partial charge in [0.15, 0.2) is 16.3 Å². The van der Waals surface area contributed by atoms with Crippen LogP contribution in [0.2, 0.25) is 5.02 Å². The van der Waals surface area contributed by atoms with Crippen LogP contribution in [0, 0.1) is 0 Å². The lowest BCUT2D eigenvalue weighted by atomic mass is 9.93. The molecule has 7 rings (SSSR count). The molecule has 0 amide bonds. The van der Waals surface area contributed by atoms with E-state index in [-0.39, 0.29) is 24.3 Å². The maximum absolute atomic E-state index is 14.4. The Morgan fingerprint density at radius 1 is 0.904 bits per heavy atom. The highest BCUT2D eigenvalue weighted by atomic mass is 35.5. The average molecular weight is 731 g/mol. The van der Waals surface area contributed by atoms with Crippen molar-refractivity contribution in [2.75, 3.05) is 20.3 Å². The molecule has 0 fully saturated rings. The van der Waals surface area contributed by atoms with Gasteiger partial charge >= 0.3 is 5.97 Å². The molecule has 0 spiro atoms. The molecule has 2 heterocycles. The molecule has 1 aromatic heterocycles. The van der Waals surface area contributed by atoms with E-state index in [1.165, 1.54) is 11.3 Å². The molecule has 0 aliphatic carbocycles. The quantitative estimate of drug-likeness (QED) is 0.127. The summed E-state index contributed by atoms with van der Waals surface area (Å²) in [4.78, 5) is 33.6. The van der Waals surface area contributed by atoms with Gasteiger partial charge in [0.1, 0.15) is 12.4 Å². The van der Waals surface area contributed by atoms with E-state index in [4.69, 9.17) is 35.5 Å². The number of methoxy groups -OCH3 is 1. The average Bonchev–Trinajstić information content (AvgIpc) is 3.48. The number of ether oxygens (including phenoxy) is 4. The largest absolute Gasteiger partial charge is 0.494 e. The van der Waals surface area contributed by atoms with Crippen molar-refractivity contribution < 1.29 is 23.7 Å². The lowest BCUT2D eigenvalue weighted by Gasteiger charge is -2.26. The zero-order valence-corrected chi connectivity index (χ0v) is 30.4. The molecule has 0 N–H and O–H groups in total. The van der Waals surface area contributed by atoms with E-state index in [1.807, 2.05) is 85.8 Å². The number of rotatable bonds is 11. The highest BCUT2D eigenvalue weighted by molar-refractivity contribution is 7.07. The van der Waals surface area contributed by atoms with Crippen molar-refractivity contribution in [3.63, 3.8) is 0 Å². The van der Waals surface area contributed by atoms with Crippen LogP contribution in [0.3, 0.4) is 0 Å². The zero-order valence-electron chi connectivity index (χ0n) is 28.8. The van der Waals surface area contributed by atoms with Gasteiger partial charge in [-0.3, -0.25) is 9.36 Å². The minimum absolute atomic E-state index is 0.162. The minimum Gasteiger partial charge on any atom is -0.494 e. The van der Waals surface area contributed by atoms with Crippen LogP contribution >= 0.6 is 22.9 Å². The first-order valence-electron chi connectivity index (χ1n) is 16.9. The topological polar surface area (TPSA) is 88.4 Å². The Bertz CT molecular complexity index is 2480. The first kappa shape index (κ1) is 34.8. The van der Waals surface area contributed by atoms with E-state index in [9.17, 15) is 9.59 Å². The number of benzene rings is 5. The number of hydrogen-bond donors (Lipinski definition) is 0. The summed E-state index contributed by atoms with van der Waals surface area (Å²) in [5.74, 6) is 0.959. The van der Waals surface area contributed by atoms with Crippen molar-refractivity contribution in [2.24, 2.45) is 4.99 Å². The number of fused-ring (bicyclic) bond motifs is 2. The molecular weight excluding hydrogens is 696 g/mol. The van der Waals surface area contributed by atoms with E-state index in [0.717, 1.165) is 21.9 Å². The van der Waals surface area contributed by atoms with Gasteiger partial charge in [-0.05, 0) is 71.7 Å². The second-order valence-electron chi connectivity index (χ2n) is 11.9. The van der Waals surface area contributed by atoms with E-state index in [1.54, 1.807) is 36.8 Å². The number of carbonyl (C=O) groups is 1. The SMILES string of the molecule is CCOC(=O)C1=C(c2ccccc2)N=c2s/c(=C\c3cc(Cl)c(OCc4cccc5ccccc45)c(OC)c3)c(=O)n2[C@H]1c1ccc(OCC)cc1. The molecule has 0 radical (unpaired) electrons. The summed E-state index contributed by atoms with van der Waals surface area (Å²) in [7, 11) is 1.55. The van der Waals surface area contributed by atoms with Crippen molar-refractivity contribution in [1.29, 1.82) is 0 Å². The van der Waals surface area contributed by atoms with Crippen molar-refractivity contribution in [1.82, 2.24) is 4.57 Å². The van der Waals surface area contributed by atoms with Gasteiger partial charge in [-0.15, -0.1) is 0 Å². The van der Waals surface area contributed by atoms with E-state index < -0.39 is 12.0 Å². The first-order valence-corrected chi connectivity index (χ1v) is 18.1. The number of halogens is 1. The van der Waals surface area contributed by atoms with Crippen LogP contribution in [0.25, 0.3) is 22.5 Å². The van der Waals surface area contributed by atoms with Gasteiger partial charge in [-0.25, -0.2) is 9.79 Å². The Kier molecular flexibility index (Phi) is 10.2. The van der Waals surface area contributed by atoms with Gasteiger partial charge in [-0.1, -0.05) is 108 Å². The summed E-state index contributed by atoms with van der Waals surface area (Å²) >= 11 is 8.05. The van der Waals surface area contributed by atoms with Crippen LogP contribution in [-0.2, 0) is 16.1 Å². The predicted octanol–water partition coefficient (Wildman–Crippen LogP) is 7.73. The maximum Gasteiger partial charge on any atom is 0.338 e. The number of esters is 1. The van der Waals surface area contributed by atoms with Crippen LogP contribution in [0.5, 0.6) is 17.2 Å². The number of nitrogens with zero attached hydrogens (tertiary/aromatic N) is 2. The number of aromatic nitrogens is 1. The Labute approximate surface area is 309 Å². The fraction of sp³-hybridized carbons (Fsp3) is 0.167. The molecule has 5 aromatic carbocycles. The molecule has 0 saturated carbocycles. The normalized spacial score (nSPS) is 14.2. The highest BCUT2D eigenvalue weighted by Gasteiger charge is 2.35. The van der Waals surface area contributed by atoms with Crippen molar-refractivity contribution >= 4 is 51.5 Å². The molecule has 8 nitrogen and oxygen atoms in total. The first-order chi connectivity index (χ1) is 25.4. The Morgan fingerprint density at radius 3 is 2.40 bits per heavy atom. The van der Waals surface area contributed by atoms with Crippen molar-refractivity contribution in [2.45, 2.75) is 26.5 Å². The summed E-state index contributed by atoms with van der Waals surface area (Å²) in [6.45, 7) is 4.62. The zero-order chi connectivity index (χ0) is 36.2. The molecule has 0 saturated heterocycles. The molecule has 0 unspecified atom stereocenters. The molecule has 10 heteroatoms. The molecule has 6 aromatic rings. The monoisotopic (exact) mass is 730 g/mol. The van der Waals surface area contributed by atoms with E-state index >= 15 is 0 Å². The van der Waals surface area contributed by atoms with E-state index in [2.05, 4.69) is 18.2 Å². The number of hydrogen-bond acceptors (Lipinski definition) is 8. The van der Waals surface area contributed by atoms with Gasteiger partial charge in [0.2, 0.25) is 0 Å².